The van der Waals surface area contributed by atoms with Gasteiger partial charge in [0.2, 0.25) is 5.91 Å². The number of hydrogen-bond acceptors (Lipinski definition) is 5. The van der Waals surface area contributed by atoms with Crippen molar-refractivity contribution < 1.29 is 18.3 Å². The molecule has 3 heterocycles. The van der Waals surface area contributed by atoms with Crippen LogP contribution in [0.3, 0.4) is 0 Å². The molecule has 3 aromatic heterocycles. The SMILES string of the molecule is CCOc1c(F)c(SC)c(-c2ccc3nc(NC(=O)C4CC4F)cn3c2)c2cn[nH]c12. The Morgan fingerprint density at radius 1 is 1.42 bits per heavy atom. The number of carbonyl (C=O) groups is 1. The van der Waals surface area contributed by atoms with Gasteiger partial charge in [-0.2, -0.15) is 5.10 Å². The zero-order valence-corrected chi connectivity index (χ0v) is 17.6. The quantitative estimate of drug-likeness (QED) is 0.431. The van der Waals surface area contributed by atoms with E-state index in [4.69, 9.17) is 4.74 Å². The smallest absolute Gasteiger partial charge is 0.231 e. The topological polar surface area (TPSA) is 84.3 Å². The van der Waals surface area contributed by atoms with Crippen molar-refractivity contribution in [2.75, 3.05) is 18.2 Å². The molecule has 0 spiro atoms. The highest BCUT2D eigenvalue weighted by atomic mass is 32.2. The molecule has 1 aliphatic rings. The van der Waals surface area contributed by atoms with Crippen molar-refractivity contribution in [1.29, 1.82) is 0 Å². The first kappa shape index (κ1) is 19.8. The molecule has 0 saturated heterocycles. The van der Waals surface area contributed by atoms with E-state index in [9.17, 15) is 9.18 Å². The van der Waals surface area contributed by atoms with E-state index in [0.717, 1.165) is 10.9 Å². The Labute approximate surface area is 180 Å². The van der Waals surface area contributed by atoms with Crippen LogP contribution in [0.2, 0.25) is 0 Å². The number of hydrogen-bond donors (Lipinski definition) is 2. The van der Waals surface area contributed by atoms with E-state index in [2.05, 4.69) is 20.5 Å². The monoisotopic (exact) mass is 443 g/mol. The van der Waals surface area contributed by atoms with Gasteiger partial charge in [0.25, 0.3) is 0 Å². The highest BCUT2D eigenvalue weighted by Gasteiger charge is 2.43. The van der Waals surface area contributed by atoms with Crippen LogP contribution in [0.25, 0.3) is 27.7 Å². The van der Waals surface area contributed by atoms with Crippen LogP contribution in [0.1, 0.15) is 13.3 Å². The number of nitrogens with one attached hydrogen (secondary N) is 2. The molecule has 4 aromatic rings. The van der Waals surface area contributed by atoms with E-state index >= 15 is 4.39 Å². The number of pyridine rings is 1. The Morgan fingerprint density at radius 3 is 2.94 bits per heavy atom. The lowest BCUT2D eigenvalue weighted by Gasteiger charge is -2.15. The summed E-state index contributed by atoms with van der Waals surface area (Å²) in [5.41, 5.74) is 2.55. The fourth-order valence-corrected chi connectivity index (χ4v) is 4.41. The van der Waals surface area contributed by atoms with E-state index < -0.39 is 17.9 Å². The molecule has 7 nitrogen and oxygen atoms in total. The number of thioether (sulfide) groups is 1. The van der Waals surface area contributed by atoms with Crippen LogP contribution >= 0.6 is 11.8 Å². The molecule has 2 unspecified atom stereocenters. The summed E-state index contributed by atoms with van der Waals surface area (Å²) in [5, 5.41) is 10.3. The van der Waals surface area contributed by atoms with Gasteiger partial charge in [-0.15, -0.1) is 11.8 Å². The van der Waals surface area contributed by atoms with Crippen molar-refractivity contribution in [1.82, 2.24) is 19.6 Å². The molecular weight excluding hydrogens is 424 g/mol. The second-order valence-corrected chi connectivity index (χ2v) is 8.12. The molecule has 1 fully saturated rings. The number of fused-ring (bicyclic) bond motifs is 2. The number of imidazole rings is 1. The molecule has 1 amide bonds. The van der Waals surface area contributed by atoms with E-state index in [1.54, 1.807) is 29.8 Å². The lowest BCUT2D eigenvalue weighted by atomic mass is 10.0. The van der Waals surface area contributed by atoms with Crippen LogP contribution in [0.4, 0.5) is 14.6 Å². The number of carbonyl (C=O) groups excluding carboxylic acids is 1. The van der Waals surface area contributed by atoms with Gasteiger partial charge in [-0.1, -0.05) is 0 Å². The third-order valence-electron chi connectivity index (χ3n) is 5.29. The predicted molar refractivity (Wildman–Crippen MR) is 115 cm³/mol. The van der Waals surface area contributed by atoms with Crippen LogP contribution < -0.4 is 10.1 Å². The van der Waals surface area contributed by atoms with E-state index in [1.807, 2.05) is 18.5 Å². The largest absolute Gasteiger partial charge is 0.489 e. The molecule has 160 valence electrons. The molecule has 1 aliphatic carbocycles. The fourth-order valence-electron chi connectivity index (χ4n) is 3.71. The number of aromatic nitrogens is 4. The van der Waals surface area contributed by atoms with Gasteiger partial charge in [0.05, 0.1) is 29.8 Å². The fraction of sp³-hybridized carbons (Fsp3) is 0.286. The van der Waals surface area contributed by atoms with Gasteiger partial charge in [0, 0.05) is 22.7 Å². The van der Waals surface area contributed by atoms with Gasteiger partial charge in [-0.3, -0.25) is 9.89 Å². The number of aromatic amines is 1. The molecule has 2 N–H and O–H groups in total. The minimum absolute atomic E-state index is 0.156. The third-order valence-corrected chi connectivity index (χ3v) is 6.09. The number of anilines is 1. The second kappa shape index (κ2) is 7.52. The van der Waals surface area contributed by atoms with Crippen molar-refractivity contribution in [3.05, 3.63) is 36.5 Å². The molecule has 0 radical (unpaired) electrons. The molecule has 0 aliphatic heterocycles. The maximum absolute atomic E-state index is 15.3. The Kier molecular flexibility index (Phi) is 4.81. The minimum atomic E-state index is -1.07. The number of nitrogens with zero attached hydrogens (tertiary/aromatic N) is 3. The molecule has 1 saturated carbocycles. The van der Waals surface area contributed by atoms with E-state index in [0.29, 0.717) is 34.0 Å². The molecule has 5 rings (SSSR count). The Hall–Kier alpha value is -3.14. The highest BCUT2D eigenvalue weighted by molar-refractivity contribution is 7.98. The van der Waals surface area contributed by atoms with Crippen LogP contribution in [0.15, 0.2) is 35.6 Å². The predicted octanol–water partition coefficient (Wildman–Crippen LogP) is 4.43. The van der Waals surface area contributed by atoms with Crippen molar-refractivity contribution in [3.8, 4) is 16.9 Å². The van der Waals surface area contributed by atoms with Gasteiger partial charge in [-0.25, -0.2) is 13.8 Å². The lowest BCUT2D eigenvalue weighted by molar-refractivity contribution is -0.117. The van der Waals surface area contributed by atoms with Crippen LogP contribution in [0.5, 0.6) is 5.75 Å². The molecule has 31 heavy (non-hydrogen) atoms. The van der Waals surface area contributed by atoms with Crippen molar-refractivity contribution >= 4 is 40.0 Å². The van der Waals surface area contributed by atoms with Gasteiger partial charge in [0.1, 0.15) is 17.3 Å². The summed E-state index contributed by atoms with van der Waals surface area (Å²) in [4.78, 5) is 16.8. The molecule has 1 aromatic carbocycles. The number of amides is 1. The Balaban J connectivity index is 1.60. The summed E-state index contributed by atoms with van der Waals surface area (Å²) in [6.07, 6.45) is 6.12. The zero-order chi connectivity index (χ0) is 21.7. The summed E-state index contributed by atoms with van der Waals surface area (Å²) in [6, 6.07) is 3.62. The number of rotatable bonds is 6. The first-order valence-corrected chi connectivity index (χ1v) is 11.0. The molecule has 0 bridgehead atoms. The molecule has 10 heteroatoms. The number of ether oxygens (including phenoxy) is 1. The zero-order valence-electron chi connectivity index (χ0n) is 16.8. The van der Waals surface area contributed by atoms with Crippen LogP contribution in [-0.2, 0) is 4.79 Å². The summed E-state index contributed by atoms with van der Waals surface area (Å²) in [5.74, 6) is -0.897. The first-order valence-electron chi connectivity index (χ1n) is 9.81. The average molecular weight is 443 g/mol. The summed E-state index contributed by atoms with van der Waals surface area (Å²) >= 11 is 1.29. The number of benzene rings is 1. The van der Waals surface area contributed by atoms with Gasteiger partial charge < -0.3 is 14.5 Å². The van der Waals surface area contributed by atoms with Gasteiger partial charge in [-0.05, 0) is 31.7 Å². The summed E-state index contributed by atoms with van der Waals surface area (Å²) < 4.78 is 35.7. The summed E-state index contributed by atoms with van der Waals surface area (Å²) in [6.45, 7) is 2.13. The van der Waals surface area contributed by atoms with Gasteiger partial charge >= 0.3 is 0 Å². The maximum atomic E-state index is 15.3. The van der Waals surface area contributed by atoms with Crippen LogP contribution in [-0.4, -0.2) is 44.5 Å². The van der Waals surface area contributed by atoms with E-state index in [1.165, 1.54) is 11.8 Å². The molecule has 2 atom stereocenters. The van der Waals surface area contributed by atoms with Crippen molar-refractivity contribution in [2.24, 2.45) is 5.92 Å². The van der Waals surface area contributed by atoms with Crippen LogP contribution in [0, 0.1) is 11.7 Å². The lowest BCUT2D eigenvalue weighted by Crippen LogP contribution is -2.15. The standard InChI is InChI=1S/C21H19F2N5O2S/c1-3-30-19-17(23)20(31-2)16(12-7-24-27-18(12)19)10-4-5-15-25-14(9-28(15)8-10)26-21(29)11-6-13(11)22/h4-5,7-9,11,13H,3,6H2,1-2H3,(H,24,27)(H,26,29). The first-order chi connectivity index (χ1) is 15.0. The Morgan fingerprint density at radius 2 is 2.23 bits per heavy atom. The van der Waals surface area contributed by atoms with E-state index in [-0.39, 0.29) is 18.1 Å². The number of halogens is 2. The highest BCUT2D eigenvalue weighted by Crippen LogP contribution is 2.43. The minimum Gasteiger partial charge on any atom is -0.489 e. The third kappa shape index (κ3) is 3.31. The van der Waals surface area contributed by atoms with Crippen molar-refractivity contribution in [3.63, 3.8) is 0 Å². The second-order valence-electron chi connectivity index (χ2n) is 7.30. The summed E-state index contributed by atoms with van der Waals surface area (Å²) in [7, 11) is 0. The van der Waals surface area contributed by atoms with Gasteiger partial charge in [0.15, 0.2) is 17.4 Å². The number of alkyl halides is 1. The number of H-pyrrole nitrogens is 1. The average Bonchev–Trinajstić information content (AvgIpc) is 3.13. The Bertz CT molecular complexity index is 1320. The normalized spacial score (nSPS) is 17.9. The van der Waals surface area contributed by atoms with Crippen molar-refractivity contribution in [2.45, 2.75) is 24.4 Å². The molecular formula is C21H19F2N5O2S. The maximum Gasteiger partial charge on any atom is 0.231 e.